The quantitative estimate of drug-likeness (QED) is 0.668. The van der Waals surface area contributed by atoms with Crippen LogP contribution in [-0.4, -0.2) is 51.8 Å². The largest absolute Gasteiger partial charge is 0.480 e. The molecule has 1 aliphatic heterocycles. The molecule has 98 valence electrons. The maximum atomic E-state index is 11.9. The second kappa shape index (κ2) is 5.35. The van der Waals surface area contributed by atoms with Gasteiger partial charge in [0.15, 0.2) is 0 Å². The van der Waals surface area contributed by atoms with E-state index < -0.39 is 12.0 Å². The number of aliphatic hydroxyl groups excluding tert-OH is 1. The van der Waals surface area contributed by atoms with Crippen LogP contribution >= 0.6 is 0 Å². The van der Waals surface area contributed by atoms with Gasteiger partial charge < -0.3 is 20.4 Å². The number of aliphatic hydroxyl groups is 1. The van der Waals surface area contributed by atoms with Gasteiger partial charge in [0.1, 0.15) is 6.04 Å². The molecule has 1 saturated heterocycles. The van der Waals surface area contributed by atoms with Crippen LogP contribution in [-0.2, 0) is 4.79 Å². The van der Waals surface area contributed by atoms with Crippen LogP contribution in [0.2, 0.25) is 0 Å². The van der Waals surface area contributed by atoms with Crippen molar-refractivity contribution >= 4 is 12.0 Å². The first-order valence-corrected chi connectivity index (χ1v) is 5.80. The lowest BCUT2D eigenvalue weighted by Crippen LogP contribution is -2.52. The Morgan fingerprint density at radius 2 is 2.12 bits per heavy atom. The Morgan fingerprint density at radius 1 is 1.47 bits per heavy atom. The van der Waals surface area contributed by atoms with Crippen molar-refractivity contribution in [2.24, 2.45) is 0 Å². The van der Waals surface area contributed by atoms with E-state index in [1.54, 1.807) is 4.90 Å². The molecule has 0 aromatic carbocycles. The summed E-state index contributed by atoms with van der Waals surface area (Å²) in [5.74, 6) is -1.12. The lowest BCUT2D eigenvalue weighted by molar-refractivity contribution is -0.139. The predicted octanol–water partition coefficient (Wildman–Crippen LogP) is 0.406. The zero-order chi connectivity index (χ0) is 13.1. The molecule has 1 fully saturated rings. The maximum Gasteiger partial charge on any atom is 0.326 e. The number of carboxylic acids is 1. The van der Waals surface area contributed by atoms with E-state index in [0.29, 0.717) is 6.54 Å². The van der Waals surface area contributed by atoms with Gasteiger partial charge in [0, 0.05) is 25.1 Å². The number of urea groups is 1. The van der Waals surface area contributed by atoms with Crippen molar-refractivity contribution < 1.29 is 19.8 Å². The van der Waals surface area contributed by atoms with E-state index in [1.807, 2.05) is 13.8 Å². The van der Waals surface area contributed by atoms with Gasteiger partial charge in [0.2, 0.25) is 0 Å². The summed E-state index contributed by atoms with van der Waals surface area (Å²) in [5, 5.41) is 20.1. The van der Waals surface area contributed by atoms with E-state index in [2.05, 4.69) is 5.32 Å². The molecule has 0 saturated carbocycles. The van der Waals surface area contributed by atoms with Crippen molar-refractivity contribution in [1.82, 2.24) is 10.2 Å². The average molecular weight is 244 g/mol. The number of nitrogens with zero attached hydrogens (tertiary/aromatic N) is 1. The lowest BCUT2D eigenvalue weighted by atomic mass is 10.0. The molecule has 1 aliphatic rings. The lowest BCUT2D eigenvalue weighted by Gasteiger charge is -2.32. The van der Waals surface area contributed by atoms with Crippen LogP contribution in [0.5, 0.6) is 0 Å². The first kappa shape index (κ1) is 13.8. The van der Waals surface area contributed by atoms with Gasteiger partial charge in [-0.2, -0.15) is 0 Å². The monoisotopic (exact) mass is 244 g/mol. The number of hydrogen-bond donors (Lipinski definition) is 3. The number of likely N-dealkylation sites (tertiary alicyclic amines) is 1. The second-order valence-corrected chi connectivity index (χ2v) is 4.92. The number of aliphatic carboxylic acids is 1. The van der Waals surface area contributed by atoms with Crippen LogP contribution in [0.25, 0.3) is 0 Å². The number of nitrogens with one attached hydrogen (secondary N) is 1. The zero-order valence-corrected chi connectivity index (χ0v) is 10.3. The molecule has 1 atom stereocenters. The van der Waals surface area contributed by atoms with E-state index in [0.717, 1.165) is 12.8 Å². The van der Waals surface area contributed by atoms with E-state index in [-0.39, 0.29) is 24.6 Å². The first-order valence-electron chi connectivity index (χ1n) is 5.80. The standard InChI is InChI=1S/C11H20N2O4/c1-11(2)5-3-6-13(11)10(17)12-8(4-7-14)9(15)16/h8,14H,3-7H2,1-2H3,(H,12,17)(H,15,16)/t8-/m0/s1. The highest BCUT2D eigenvalue weighted by Crippen LogP contribution is 2.27. The predicted molar refractivity (Wildman–Crippen MR) is 61.7 cm³/mol. The number of rotatable bonds is 4. The van der Waals surface area contributed by atoms with Gasteiger partial charge >= 0.3 is 12.0 Å². The summed E-state index contributed by atoms with van der Waals surface area (Å²) in [4.78, 5) is 24.4. The van der Waals surface area contributed by atoms with Crippen LogP contribution in [0.4, 0.5) is 4.79 Å². The normalized spacial score (nSPS) is 20.1. The molecule has 0 radical (unpaired) electrons. The van der Waals surface area contributed by atoms with E-state index in [9.17, 15) is 9.59 Å². The molecule has 1 rings (SSSR count). The molecular weight excluding hydrogens is 224 g/mol. The highest BCUT2D eigenvalue weighted by atomic mass is 16.4. The molecule has 0 aromatic rings. The van der Waals surface area contributed by atoms with Crippen LogP contribution in [0.15, 0.2) is 0 Å². The Kier molecular flexibility index (Phi) is 4.34. The van der Waals surface area contributed by atoms with E-state index >= 15 is 0 Å². The molecule has 2 amide bonds. The van der Waals surface area contributed by atoms with E-state index in [4.69, 9.17) is 10.2 Å². The van der Waals surface area contributed by atoms with Crippen molar-refractivity contribution in [3.8, 4) is 0 Å². The van der Waals surface area contributed by atoms with E-state index in [1.165, 1.54) is 0 Å². The minimum absolute atomic E-state index is 0.0232. The summed E-state index contributed by atoms with van der Waals surface area (Å²) >= 11 is 0. The Hall–Kier alpha value is -1.30. The van der Waals surface area contributed by atoms with Gasteiger partial charge in [-0.15, -0.1) is 0 Å². The highest BCUT2D eigenvalue weighted by molar-refractivity contribution is 5.83. The molecule has 3 N–H and O–H groups in total. The summed E-state index contributed by atoms with van der Waals surface area (Å²) in [6.07, 6.45) is 1.87. The zero-order valence-electron chi connectivity index (χ0n) is 10.3. The Labute approximate surface area is 101 Å². The minimum atomic E-state index is -1.12. The molecule has 1 heterocycles. The maximum absolute atomic E-state index is 11.9. The van der Waals surface area contributed by atoms with Crippen LogP contribution in [0.1, 0.15) is 33.1 Å². The van der Waals surface area contributed by atoms with Crippen molar-refractivity contribution in [3.05, 3.63) is 0 Å². The van der Waals surface area contributed by atoms with Gasteiger partial charge in [-0.25, -0.2) is 9.59 Å². The van der Waals surface area contributed by atoms with Crippen molar-refractivity contribution in [2.45, 2.75) is 44.7 Å². The summed E-state index contributed by atoms with van der Waals surface area (Å²) in [7, 11) is 0. The minimum Gasteiger partial charge on any atom is -0.480 e. The molecule has 0 aliphatic carbocycles. The van der Waals surface area contributed by atoms with Gasteiger partial charge in [0.25, 0.3) is 0 Å². The third-order valence-electron chi connectivity index (χ3n) is 3.16. The van der Waals surface area contributed by atoms with Gasteiger partial charge in [-0.05, 0) is 26.7 Å². The van der Waals surface area contributed by atoms with Crippen molar-refractivity contribution in [2.75, 3.05) is 13.2 Å². The number of carbonyl (C=O) groups is 2. The molecule has 0 bridgehead atoms. The molecule has 6 heteroatoms. The Bertz CT molecular complexity index is 304. The van der Waals surface area contributed by atoms with Crippen LogP contribution < -0.4 is 5.32 Å². The first-order chi connectivity index (χ1) is 7.88. The second-order valence-electron chi connectivity index (χ2n) is 4.92. The SMILES string of the molecule is CC1(C)CCCN1C(=O)N[C@@H](CCO)C(=O)O. The number of amides is 2. The fraction of sp³-hybridized carbons (Fsp3) is 0.818. The third kappa shape index (κ3) is 3.33. The fourth-order valence-electron chi connectivity index (χ4n) is 2.10. The number of carboxylic acid groups (broad SMARTS) is 1. The van der Waals surface area contributed by atoms with Crippen LogP contribution in [0.3, 0.4) is 0 Å². The van der Waals surface area contributed by atoms with Crippen LogP contribution in [0, 0.1) is 0 Å². The third-order valence-corrected chi connectivity index (χ3v) is 3.16. The van der Waals surface area contributed by atoms with Gasteiger partial charge in [-0.3, -0.25) is 0 Å². The average Bonchev–Trinajstić information content (AvgIpc) is 2.57. The Balaban J connectivity index is 2.61. The summed E-state index contributed by atoms with van der Waals surface area (Å²) in [5.41, 5.74) is -0.230. The number of carbonyl (C=O) groups excluding carboxylic acids is 1. The summed E-state index contributed by atoms with van der Waals surface area (Å²) in [6.45, 7) is 4.30. The van der Waals surface area contributed by atoms with Gasteiger partial charge in [-0.1, -0.05) is 0 Å². The summed E-state index contributed by atoms with van der Waals surface area (Å²) in [6, 6.07) is -1.39. The topological polar surface area (TPSA) is 89.9 Å². The fourth-order valence-corrected chi connectivity index (χ4v) is 2.10. The molecule has 6 nitrogen and oxygen atoms in total. The van der Waals surface area contributed by atoms with Crippen molar-refractivity contribution in [1.29, 1.82) is 0 Å². The highest BCUT2D eigenvalue weighted by Gasteiger charge is 2.36. The van der Waals surface area contributed by atoms with Gasteiger partial charge in [0.05, 0.1) is 0 Å². The molecule has 0 aromatic heterocycles. The number of hydrogen-bond acceptors (Lipinski definition) is 3. The molecular formula is C11H20N2O4. The van der Waals surface area contributed by atoms with Crippen molar-refractivity contribution in [3.63, 3.8) is 0 Å². The Morgan fingerprint density at radius 3 is 2.53 bits per heavy atom. The molecule has 0 unspecified atom stereocenters. The molecule has 17 heavy (non-hydrogen) atoms. The molecule has 0 spiro atoms. The summed E-state index contributed by atoms with van der Waals surface area (Å²) < 4.78 is 0. The smallest absolute Gasteiger partial charge is 0.326 e.